The van der Waals surface area contributed by atoms with E-state index in [1.54, 1.807) is 0 Å². The quantitative estimate of drug-likeness (QED) is 0.840. The third kappa shape index (κ3) is 3.70. The van der Waals surface area contributed by atoms with Gasteiger partial charge < -0.3 is 10.6 Å². The topological polar surface area (TPSA) is 64.9 Å². The predicted molar refractivity (Wildman–Crippen MR) is 74.4 cm³/mol. The Hall–Kier alpha value is -2.23. The minimum absolute atomic E-state index is 0.0406. The first-order valence-corrected chi connectivity index (χ1v) is 7.06. The summed E-state index contributed by atoms with van der Waals surface area (Å²) in [7, 11) is 0. The maximum atomic E-state index is 13.1. The van der Waals surface area contributed by atoms with Crippen molar-refractivity contribution in [2.24, 2.45) is 0 Å². The van der Waals surface area contributed by atoms with Gasteiger partial charge in [0.2, 0.25) is 5.91 Å². The zero-order valence-electron chi connectivity index (χ0n) is 11.9. The third-order valence-electron chi connectivity index (χ3n) is 3.74. The molecule has 0 aliphatic heterocycles. The molecule has 2 N–H and O–H groups in total. The molecule has 7 heteroatoms. The molecule has 1 aromatic rings. The van der Waals surface area contributed by atoms with Crippen molar-refractivity contribution < 1.29 is 18.0 Å². The molecule has 2 rings (SSSR count). The molecule has 0 unspecified atom stereocenters. The van der Waals surface area contributed by atoms with Gasteiger partial charge in [-0.15, -0.1) is 0 Å². The van der Waals surface area contributed by atoms with Crippen molar-refractivity contribution in [2.75, 3.05) is 11.9 Å². The van der Waals surface area contributed by atoms with Crippen LogP contribution in [0.1, 0.15) is 32.1 Å². The lowest BCUT2D eigenvalue weighted by atomic mass is 9.83. The van der Waals surface area contributed by atoms with E-state index in [1.165, 1.54) is 0 Å². The van der Waals surface area contributed by atoms with E-state index in [0.29, 0.717) is 12.8 Å². The highest BCUT2D eigenvalue weighted by Gasteiger charge is 2.33. The molecule has 4 nitrogen and oxygen atoms in total. The largest absolute Gasteiger partial charge is 0.376 e. The van der Waals surface area contributed by atoms with E-state index in [4.69, 9.17) is 0 Å². The highest BCUT2D eigenvalue weighted by atomic mass is 19.2. The highest BCUT2D eigenvalue weighted by Crippen LogP contribution is 2.27. The average molecular weight is 311 g/mol. The summed E-state index contributed by atoms with van der Waals surface area (Å²) in [6, 6.07) is 3.68. The van der Waals surface area contributed by atoms with Crippen molar-refractivity contribution in [2.45, 2.75) is 37.6 Å². The number of carbonyl (C=O) groups excluding carboxylic acids is 1. The summed E-state index contributed by atoms with van der Waals surface area (Å²) in [5.74, 6) is -4.67. The monoisotopic (exact) mass is 311 g/mol. The number of halogens is 3. The van der Waals surface area contributed by atoms with E-state index in [9.17, 15) is 23.2 Å². The lowest BCUT2D eigenvalue weighted by molar-refractivity contribution is -0.121. The van der Waals surface area contributed by atoms with E-state index < -0.39 is 28.9 Å². The summed E-state index contributed by atoms with van der Waals surface area (Å²) < 4.78 is 38.9. The Morgan fingerprint density at radius 3 is 2.32 bits per heavy atom. The molecule has 0 bridgehead atoms. The number of nitrogens with one attached hydrogen (secondary N) is 2. The van der Waals surface area contributed by atoms with Gasteiger partial charge in [0.15, 0.2) is 17.5 Å². The second kappa shape index (κ2) is 6.69. The van der Waals surface area contributed by atoms with E-state index in [1.807, 2.05) is 0 Å². The lowest BCUT2D eigenvalue weighted by Crippen LogP contribution is -2.50. The first kappa shape index (κ1) is 16.1. The number of amides is 1. The van der Waals surface area contributed by atoms with Crippen LogP contribution in [0.25, 0.3) is 0 Å². The summed E-state index contributed by atoms with van der Waals surface area (Å²) >= 11 is 0. The summed E-state index contributed by atoms with van der Waals surface area (Å²) in [5.41, 5.74) is -0.905. The third-order valence-corrected chi connectivity index (χ3v) is 3.74. The number of nitriles is 1. The molecule has 118 valence electrons. The fraction of sp³-hybridized carbons (Fsp3) is 0.467. The molecule has 0 radical (unpaired) electrons. The average Bonchev–Trinajstić information content (AvgIpc) is 2.51. The number of rotatable bonds is 4. The second-order valence-electron chi connectivity index (χ2n) is 5.41. The maximum absolute atomic E-state index is 13.1. The summed E-state index contributed by atoms with van der Waals surface area (Å²) in [5, 5.41) is 14.4. The normalized spacial score (nSPS) is 16.6. The van der Waals surface area contributed by atoms with Crippen LogP contribution in [0.4, 0.5) is 18.9 Å². The Morgan fingerprint density at radius 1 is 1.18 bits per heavy atom. The molecule has 1 aliphatic carbocycles. The fourth-order valence-corrected chi connectivity index (χ4v) is 2.57. The van der Waals surface area contributed by atoms with Crippen molar-refractivity contribution in [3.8, 4) is 6.07 Å². The highest BCUT2D eigenvalue weighted by molar-refractivity contribution is 5.81. The van der Waals surface area contributed by atoms with Crippen molar-refractivity contribution in [1.29, 1.82) is 5.26 Å². The van der Waals surface area contributed by atoms with Crippen molar-refractivity contribution in [1.82, 2.24) is 5.32 Å². The van der Waals surface area contributed by atoms with Gasteiger partial charge in [0.1, 0.15) is 5.54 Å². The van der Waals surface area contributed by atoms with Gasteiger partial charge in [-0.1, -0.05) is 19.3 Å². The Labute approximate surface area is 126 Å². The predicted octanol–water partition coefficient (Wildman–Crippen LogP) is 2.86. The molecule has 0 heterocycles. The van der Waals surface area contributed by atoms with E-state index >= 15 is 0 Å². The number of benzene rings is 1. The van der Waals surface area contributed by atoms with Gasteiger partial charge in [0.25, 0.3) is 0 Å². The Kier molecular flexibility index (Phi) is 4.91. The van der Waals surface area contributed by atoms with Gasteiger partial charge in [-0.05, 0) is 12.8 Å². The molecule has 1 amide bonds. The number of hydrogen-bond acceptors (Lipinski definition) is 3. The van der Waals surface area contributed by atoms with Crippen LogP contribution in [0, 0.1) is 28.8 Å². The Balaban J connectivity index is 1.94. The first-order valence-electron chi connectivity index (χ1n) is 7.06. The molecule has 0 aromatic heterocycles. The molecule has 1 fully saturated rings. The van der Waals surface area contributed by atoms with Crippen LogP contribution in [0.5, 0.6) is 0 Å². The second-order valence-corrected chi connectivity index (χ2v) is 5.41. The van der Waals surface area contributed by atoms with Crippen LogP contribution < -0.4 is 10.6 Å². The molecule has 1 aromatic carbocycles. The van der Waals surface area contributed by atoms with Gasteiger partial charge >= 0.3 is 0 Å². The lowest BCUT2D eigenvalue weighted by Gasteiger charge is -2.31. The Bertz CT molecular complexity index is 584. The number of carbonyl (C=O) groups is 1. The molecular formula is C15H16F3N3O. The molecule has 1 saturated carbocycles. The van der Waals surface area contributed by atoms with Crippen molar-refractivity contribution >= 4 is 11.6 Å². The SMILES string of the molecule is N#CC1(NC(=O)CNc2cc(F)c(F)c(F)c2)CCCCC1. The summed E-state index contributed by atoms with van der Waals surface area (Å²) in [6.45, 7) is -0.256. The van der Waals surface area contributed by atoms with Crippen LogP contribution >= 0.6 is 0 Å². The van der Waals surface area contributed by atoms with E-state index in [2.05, 4.69) is 16.7 Å². The van der Waals surface area contributed by atoms with Gasteiger partial charge in [-0.25, -0.2) is 13.2 Å². The van der Waals surface area contributed by atoms with Gasteiger partial charge in [0, 0.05) is 17.8 Å². The summed E-state index contributed by atoms with van der Waals surface area (Å²) in [6.07, 6.45) is 3.96. The van der Waals surface area contributed by atoms with Crippen molar-refractivity contribution in [3.63, 3.8) is 0 Å². The van der Waals surface area contributed by atoms with Crippen molar-refractivity contribution in [3.05, 3.63) is 29.6 Å². The molecule has 0 saturated heterocycles. The zero-order chi connectivity index (χ0) is 16.2. The minimum atomic E-state index is -1.55. The standard InChI is InChI=1S/C15H16F3N3O/c16-11-6-10(7-12(17)14(11)18)20-8-13(22)21-15(9-19)4-2-1-3-5-15/h6-7,20H,1-5,8H2,(H,21,22). The van der Waals surface area contributed by atoms with Crippen LogP contribution in [-0.2, 0) is 4.79 Å². The van der Waals surface area contributed by atoms with Gasteiger partial charge in [-0.2, -0.15) is 5.26 Å². The van der Waals surface area contributed by atoms with E-state index in [-0.39, 0.29) is 12.2 Å². The van der Waals surface area contributed by atoms with Crippen LogP contribution in [0.3, 0.4) is 0 Å². The zero-order valence-corrected chi connectivity index (χ0v) is 11.9. The first-order chi connectivity index (χ1) is 10.5. The van der Waals surface area contributed by atoms with Gasteiger partial charge in [-0.3, -0.25) is 4.79 Å². The van der Waals surface area contributed by atoms with Gasteiger partial charge in [0.05, 0.1) is 12.6 Å². The molecule has 0 atom stereocenters. The molecule has 22 heavy (non-hydrogen) atoms. The number of anilines is 1. The molecule has 0 spiro atoms. The van der Waals surface area contributed by atoms with Crippen LogP contribution in [-0.4, -0.2) is 18.0 Å². The number of nitrogens with zero attached hydrogens (tertiary/aromatic N) is 1. The maximum Gasteiger partial charge on any atom is 0.240 e. The molecule has 1 aliphatic rings. The Morgan fingerprint density at radius 2 is 1.77 bits per heavy atom. The summed E-state index contributed by atoms with van der Waals surface area (Å²) in [4.78, 5) is 11.9. The van der Waals surface area contributed by atoms with E-state index in [0.717, 1.165) is 31.4 Å². The number of hydrogen-bond donors (Lipinski definition) is 2. The minimum Gasteiger partial charge on any atom is -0.376 e. The fourth-order valence-electron chi connectivity index (χ4n) is 2.57. The van der Waals surface area contributed by atoms with Crippen LogP contribution in [0.15, 0.2) is 12.1 Å². The molecular weight excluding hydrogens is 295 g/mol. The van der Waals surface area contributed by atoms with Crippen LogP contribution in [0.2, 0.25) is 0 Å². The smallest absolute Gasteiger partial charge is 0.240 e.